The number of amides is 1. The Bertz CT molecular complexity index is 554. The lowest BCUT2D eigenvalue weighted by Crippen LogP contribution is -2.44. The van der Waals surface area contributed by atoms with Crippen LogP contribution in [0.25, 0.3) is 0 Å². The molecular weight excluding hydrogens is 312 g/mol. The van der Waals surface area contributed by atoms with Gasteiger partial charge in [0.2, 0.25) is 5.91 Å². The van der Waals surface area contributed by atoms with E-state index in [-0.39, 0.29) is 5.92 Å². The largest absolute Gasteiger partial charge is 0.396 e. The van der Waals surface area contributed by atoms with Crippen molar-refractivity contribution >= 4 is 5.91 Å². The van der Waals surface area contributed by atoms with Crippen molar-refractivity contribution in [2.45, 2.75) is 45.2 Å². The van der Waals surface area contributed by atoms with Crippen LogP contribution in [-0.4, -0.2) is 53.6 Å². The summed E-state index contributed by atoms with van der Waals surface area (Å²) in [6.07, 6.45) is 4.14. The highest BCUT2D eigenvalue weighted by molar-refractivity contribution is 5.79. The van der Waals surface area contributed by atoms with Gasteiger partial charge in [0.1, 0.15) is 0 Å². The lowest BCUT2D eigenvalue weighted by Gasteiger charge is -2.36. The molecule has 1 amide bonds. The van der Waals surface area contributed by atoms with Crippen LogP contribution in [0.3, 0.4) is 0 Å². The number of nitrogens with zero attached hydrogens (tertiary/aromatic N) is 2. The van der Waals surface area contributed by atoms with E-state index in [2.05, 4.69) is 36.1 Å². The number of aliphatic hydroxyl groups excluding tert-OH is 1. The highest BCUT2D eigenvalue weighted by Gasteiger charge is 2.38. The molecule has 138 valence electrons. The van der Waals surface area contributed by atoms with E-state index in [0.717, 1.165) is 45.3 Å². The first-order valence-corrected chi connectivity index (χ1v) is 9.72. The van der Waals surface area contributed by atoms with Crippen molar-refractivity contribution in [1.82, 2.24) is 9.80 Å². The van der Waals surface area contributed by atoms with Gasteiger partial charge in [0.25, 0.3) is 0 Å². The van der Waals surface area contributed by atoms with Crippen molar-refractivity contribution in [3.05, 3.63) is 35.9 Å². The summed E-state index contributed by atoms with van der Waals surface area (Å²) < 4.78 is 0. The van der Waals surface area contributed by atoms with E-state index in [4.69, 9.17) is 0 Å². The topological polar surface area (TPSA) is 43.8 Å². The number of rotatable bonds is 5. The van der Waals surface area contributed by atoms with Gasteiger partial charge in [0.05, 0.1) is 5.92 Å². The van der Waals surface area contributed by atoms with Gasteiger partial charge in [0, 0.05) is 39.3 Å². The third-order valence-electron chi connectivity index (χ3n) is 6.22. The number of hydrogen-bond acceptors (Lipinski definition) is 3. The van der Waals surface area contributed by atoms with Gasteiger partial charge < -0.3 is 10.0 Å². The number of hydrogen-bond donors (Lipinski definition) is 1. The molecule has 1 heterocycles. The minimum absolute atomic E-state index is 0.115. The van der Waals surface area contributed by atoms with Gasteiger partial charge in [-0.05, 0) is 43.1 Å². The highest BCUT2D eigenvalue weighted by Crippen LogP contribution is 2.30. The quantitative estimate of drug-likeness (QED) is 0.893. The van der Waals surface area contributed by atoms with Gasteiger partial charge in [-0.3, -0.25) is 9.69 Å². The molecule has 4 nitrogen and oxygen atoms in total. The fourth-order valence-corrected chi connectivity index (χ4v) is 4.52. The van der Waals surface area contributed by atoms with Crippen molar-refractivity contribution in [3.8, 4) is 0 Å². The van der Waals surface area contributed by atoms with E-state index in [1.807, 2.05) is 18.0 Å². The summed E-state index contributed by atoms with van der Waals surface area (Å²) in [5.74, 6) is 1.28. The van der Waals surface area contributed by atoms with Gasteiger partial charge in [-0.1, -0.05) is 37.3 Å². The lowest BCUT2D eigenvalue weighted by atomic mass is 9.85. The number of likely N-dealkylation sites (tertiary alicyclic amines) is 1. The molecule has 1 N–H and O–H groups in total. The summed E-state index contributed by atoms with van der Waals surface area (Å²) in [4.78, 5) is 17.5. The summed E-state index contributed by atoms with van der Waals surface area (Å²) >= 11 is 0. The third-order valence-corrected chi connectivity index (χ3v) is 6.22. The van der Waals surface area contributed by atoms with Crippen molar-refractivity contribution < 1.29 is 9.90 Å². The number of carbonyl (C=O) groups is 1. The Morgan fingerprint density at radius 3 is 2.48 bits per heavy atom. The Hall–Kier alpha value is -1.39. The summed E-state index contributed by atoms with van der Waals surface area (Å²) in [7, 11) is 1.98. The fourth-order valence-electron chi connectivity index (χ4n) is 4.52. The molecule has 1 aromatic rings. The molecule has 0 unspecified atom stereocenters. The third kappa shape index (κ3) is 4.42. The Morgan fingerprint density at radius 1 is 1.16 bits per heavy atom. The first-order valence-electron chi connectivity index (χ1n) is 9.72. The standard InChI is InChI=1S/C21H32N2O2/c1-16-12-23(13-17-6-4-3-5-7-17)14-20(16)21(25)22(2)19-10-8-18(15-24)9-11-19/h3-7,16,18-20,24H,8-15H2,1-2H3/t16-,18?,19?,20-/m1/s1. The van der Waals surface area contributed by atoms with E-state index in [1.54, 1.807) is 0 Å². The Balaban J connectivity index is 1.55. The van der Waals surface area contributed by atoms with Crippen molar-refractivity contribution in [2.75, 3.05) is 26.7 Å². The van der Waals surface area contributed by atoms with Gasteiger partial charge in [-0.25, -0.2) is 0 Å². The van der Waals surface area contributed by atoms with Gasteiger partial charge in [0.15, 0.2) is 0 Å². The maximum Gasteiger partial charge on any atom is 0.227 e. The van der Waals surface area contributed by atoms with Crippen LogP contribution in [0.5, 0.6) is 0 Å². The molecule has 1 saturated heterocycles. The summed E-state index contributed by atoms with van der Waals surface area (Å²) in [6, 6.07) is 10.9. The molecule has 4 heteroatoms. The van der Waals surface area contributed by atoms with Crippen LogP contribution in [-0.2, 0) is 11.3 Å². The van der Waals surface area contributed by atoms with Crippen molar-refractivity contribution in [2.24, 2.45) is 17.8 Å². The predicted molar refractivity (Wildman–Crippen MR) is 100.0 cm³/mol. The van der Waals surface area contributed by atoms with Crippen molar-refractivity contribution in [1.29, 1.82) is 0 Å². The zero-order valence-electron chi connectivity index (χ0n) is 15.6. The highest BCUT2D eigenvalue weighted by atomic mass is 16.3. The van der Waals surface area contributed by atoms with Crippen LogP contribution in [0, 0.1) is 17.8 Å². The number of benzene rings is 1. The zero-order chi connectivity index (χ0) is 17.8. The van der Waals surface area contributed by atoms with Crippen LogP contribution in [0.4, 0.5) is 0 Å². The monoisotopic (exact) mass is 344 g/mol. The maximum atomic E-state index is 13.1. The SMILES string of the molecule is C[C@@H]1CN(Cc2ccccc2)C[C@H]1C(=O)N(C)C1CCC(CO)CC1. The molecule has 2 aliphatic rings. The molecule has 25 heavy (non-hydrogen) atoms. The minimum atomic E-state index is 0.115. The molecule has 0 radical (unpaired) electrons. The molecule has 3 rings (SSSR count). The average Bonchev–Trinajstić information content (AvgIpc) is 3.01. The summed E-state index contributed by atoms with van der Waals surface area (Å²) in [5, 5.41) is 9.30. The van der Waals surface area contributed by atoms with Gasteiger partial charge in [-0.15, -0.1) is 0 Å². The first-order chi connectivity index (χ1) is 12.1. The molecule has 1 aliphatic heterocycles. The fraction of sp³-hybridized carbons (Fsp3) is 0.667. The molecule has 0 spiro atoms. The number of aliphatic hydroxyl groups is 1. The molecular formula is C21H32N2O2. The Kier molecular flexibility index (Phi) is 6.13. The summed E-state index contributed by atoms with van der Waals surface area (Å²) in [5.41, 5.74) is 1.32. The minimum Gasteiger partial charge on any atom is -0.396 e. The van der Waals surface area contributed by atoms with Gasteiger partial charge >= 0.3 is 0 Å². The van der Waals surface area contributed by atoms with E-state index in [0.29, 0.717) is 30.4 Å². The van der Waals surface area contributed by atoms with E-state index in [1.165, 1.54) is 5.56 Å². The summed E-state index contributed by atoms with van der Waals surface area (Å²) in [6.45, 7) is 5.30. The van der Waals surface area contributed by atoms with E-state index in [9.17, 15) is 9.90 Å². The second-order valence-electron chi connectivity index (χ2n) is 8.07. The van der Waals surface area contributed by atoms with Crippen LogP contribution < -0.4 is 0 Å². The van der Waals surface area contributed by atoms with E-state index < -0.39 is 0 Å². The van der Waals surface area contributed by atoms with Crippen LogP contribution in [0.1, 0.15) is 38.2 Å². The lowest BCUT2D eigenvalue weighted by molar-refractivity contribution is -0.137. The number of carbonyl (C=O) groups excluding carboxylic acids is 1. The average molecular weight is 344 g/mol. The zero-order valence-corrected chi connectivity index (χ0v) is 15.6. The normalized spacial score (nSPS) is 30.4. The Labute approximate surface area is 151 Å². The van der Waals surface area contributed by atoms with Crippen LogP contribution >= 0.6 is 0 Å². The molecule has 0 aromatic heterocycles. The first kappa shape index (κ1) is 18.4. The van der Waals surface area contributed by atoms with E-state index >= 15 is 0 Å². The van der Waals surface area contributed by atoms with Crippen molar-refractivity contribution in [3.63, 3.8) is 0 Å². The molecule has 1 saturated carbocycles. The smallest absolute Gasteiger partial charge is 0.227 e. The molecule has 0 bridgehead atoms. The molecule has 2 atom stereocenters. The van der Waals surface area contributed by atoms with Crippen LogP contribution in [0.2, 0.25) is 0 Å². The van der Waals surface area contributed by atoms with Crippen LogP contribution in [0.15, 0.2) is 30.3 Å². The predicted octanol–water partition coefficient (Wildman–Crippen LogP) is 2.76. The molecule has 2 fully saturated rings. The maximum absolute atomic E-state index is 13.1. The van der Waals surface area contributed by atoms with Gasteiger partial charge in [-0.2, -0.15) is 0 Å². The second-order valence-corrected chi connectivity index (χ2v) is 8.07. The molecule has 1 aliphatic carbocycles. The molecule has 1 aromatic carbocycles. The second kappa shape index (κ2) is 8.33. The Morgan fingerprint density at radius 2 is 1.84 bits per heavy atom.